The molecule has 0 heterocycles. The maximum atomic E-state index is 10.2. The van der Waals surface area contributed by atoms with Gasteiger partial charge in [0, 0.05) is 24.1 Å². The molecule has 6 heteroatoms. The van der Waals surface area contributed by atoms with E-state index >= 15 is 0 Å². The summed E-state index contributed by atoms with van der Waals surface area (Å²) in [5.41, 5.74) is 1.05. The predicted octanol–water partition coefficient (Wildman–Crippen LogP) is 5.30. The second-order valence-corrected chi connectivity index (χ2v) is 9.17. The maximum absolute atomic E-state index is 10.2. The lowest BCUT2D eigenvalue weighted by Gasteiger charge is -2.23. The molecule has 1 aromatic rings. The van der Waals surface area contributed by atoms with Crippen LogP contribution in [0.2, 0.25) is 0 Å². The number of unbranched alkanes of at least 4 members (excludes halogenated alkanes) is 8. The van der Waals surface area contributed by atoms with E-state index in [1.807, 2.05) is 20.8 Å². The Hall–Kier alpha value is -1.63. The quantitative estimate of drug-likeness (QED) is 0.252. The zero-order valence-corrected chi connectivity index (χ0v) is 20.0. The van der Waals surface area contributed by atoms with E-state index in [-0.39, 0.29) is 17.9 Å². The van der Waals surface area contributed by atoms with E-state index in [2.05, 4.69) is 12.2 Å². The first kappa shape index (κ1) is 29.4. The van der Waals surface area contributed by atoms with Crippen molar-refractivity contribution in [3.63, 3.8) is 0 Å². The number of carboxylic acids is 1. The molecule has 0 aliphatic rings. The highest BCUT2D eigenvalue weighted by atomic mass is 16.4. The number of hydrogen-bond donors (Lipinski definition) is 5. The number of aliphatic hydroxyl groups is 2. The molecule has 0 bridgehead atoms. The van der Waals surface area contributed by atoms with Gasteiger partial charge in [-0.2, -0.15) is 0 Å². The lowest BCUT2D eigenvalue weighted by molar-refractivity contribution is -0.137. The minimum atomic E-state index is -0.659. The number of aromatic hydroxyl groups is 1. The second kappa shape index (κ2) is 17.0. The normalized spacial score (nSPS) is 12.2. The summed E-state index contributed by atoms with van der Waals surface area (Å²) in [7, 11) is 0. The monoisotopic (exact) mass is 439 g/mol. The van der Waals surface area contributed by atoms with E-state index in [4.69, 9.17) is 10.2 Å². The second-order valence-electron chi connectivity index (χ2n) is 9.17. The minimum absolute atomic E-state index is 0.0484. The molecule has 1 aromatic carbocycles. The van der Waals surface area contributed by atoms with E-state index in [1.54, 1.807) is 12.1 Å². The zero-order chi connectivity index (χ0) is 23.7. The molecule has 180 valence electrons. The van der Waals surface area contributed by atoms with Crippen molar-refractivity contribution in [2.24, 2.45) is 0 Å². The van der Waals surface area contributed by atoms with Gasteiger partial charge in [-0.1, -0.05) is 64.4 Å². The molecule has 1 rings (SSSR count). The summed E-state index contributed by atoms with van der Waals surface area (Å²) in [5.74, 6) is -0.611. The van der Waals surface area contributed by atoms with E-state index < -0.39 is 12.1 Å². The van der Waals surface area contributed by atoms with Gasteiger partial charge in [-0.25, -0.2) is 0 Å². The molecule has 0 amide bonds. The summed E-state index contributed by atoms with van der Waals surface area (Å²) in [6, 6.07) is 4.76. The number of carbonyl (C=O) groups is 1. The molecule has 6 nitrogen and oxygen atoms in total. The lowest BCUT2D eigenvalue weighted by Crippen LogP contribution is -2.38. The largest absolute Gasteiger partial charge is 0.508 e. The van der Waals surface area contributed by atoms with Crippen molar-refractivity contribution in [1.82, 2.24) is 5.32 Å². The van der Waals surface area contributed by atoms with Crippen molar-refractivity contribution in [3.8, 4) is 5.75 Å². The Labute approximate surface area is 188 Å². The summed E-state index contributed by atoms with van der Waals surface area (Å²) in [4.78, 5) is 10.2. The van der Waals surface area contributed by atoms with Gasteiger partial charge in [0.1, 0.15) is 5.75 Å². The van der Waals surface area contributed by atoms with Crippen LogP contribution < -0.4 is 5.32 Å². The van der Waals surface area contributed by atoms with Crippen molar-refractivity contribution in [2.75, 3.05) is 6.54 Å². The number of rotatable bonds is 14. The Morgan fingerprint density at radius 3 is 2.03 bits per heavy atom. The lowest BCUT2D eigenvalue weighted by atomic mass is 10.0. The number of phenols is 1. The Kier molecular flexibility index (Phi) is 16.1. The van der Waals surface area contributed by atoms with Crippen LogP contribution in [0.15, 0.2) is 18.2 Å². The molecule has 0 radical (unpaired) electrons. The molecule has 0 aliphatic carbocycles. The molecule has 0 aromatic heterocycles. The molecule has 0 unspecified atom stereocenters. The van der Waals surface area contributed by atoms with Crippen molar-refractivity contribution in [1.29, 1.82) is 0 Å². The molecule has 0 aliphatic heterocycles. The number of aliphatic carboxylic acids is 1. The fraction of sp³-hybridized carbons (Fsp3) is 0.720. The van der Waals surface area contributed by atoms with Gasteiger partial charge in [-0.3, -0.25) is 4.79 Å². The van der Waals surface area contributed by atoms with Gasteiger partial charge in [0.25, 0.3) is 0 Å². The maximum Gasteiger partial charge on any atom is 0.303 e. The van der Waals surface area contributed by atoms with Crippen molar-refractivity contribution in [3.05, 3.63) is 29.3 Å². The van der Waals surface area contributed by atoms with Gasteiger partial charge in [0.05, 0.1) is 12.7 Å². The van der Waals surface area contributed by atoms with Crippen LogP contribution in [0.4, 0.5) is 0 Å². The van der Waals surface area contributed by atoms with Gasteiger partial charge < -0.3 is 25.7 Å². The standard InChI is InChI=1S/C13H21NO3.C12H24O2/c1-13(2,3)14-7-12(17)9-4-5-11(16)10(6-9)8-15;1-2-3-4-5-6-7-8-9-10-11-12(13)14/h4-6,12,14-17H,7-8H2,1-3H3;2-11H2,1H3,(H,13,14)/t12-;/m0./s1. The Balaban J connectivity index is 0.000000594. The van der Waals surface area contributed by atoms with Crippen molar-refractivity contribution >= 4 is 5.97 Å². The van der Waals surface area contributed by atoms with E-state index in [0.717, 1.165) is 12.8 Å². The summed E-state index contributed by atoms with van der Waals surface area (Å²) in [6.45, 7) is 8.49. The highest BCUT2D eigenvalue weighted by molar-refractivity contribution is 5.66. The first-order chi connectivity index (χ1) is 14.6. The van der Waals surface area contributed by atoms with Gasteiger partial charge in [-0.05, 0) is 44.9 Å². The Morgan fingerprint density at radius 2 is 1.55 bits per heavy atom. The summed E-state index contributed by atoms with van der Waals surface area (Å²) < 4.78 is 0. The summed E-state index contributed by atoms with van der Waals surface area (Å²) in [5, 5.41) is 40.0. The summed E-state index contributed by atoms with van der Waals surface area (Å²) in [6.07, 6.45) is 10.8. The van der Waals surface area contributed by atoms with Crippen LogP contribution in [0.1, 0.15) is 109 Å². The number of nitrogens with one attached hydrogen (secondary N) is 1. The Bertz CT molecular complexity index is 598. The molecule has 0 spiro atoms. The van der Waals surface area contributed by atoms with Gasteiger partial charge in [0.15, 0.2) is 0 Å². The molecule has 0 saturated carbocycles. The third-order valence-electron chi connectivity index (χ3n) is 4.98. The molecule has 0 fully saturated rings. The van der Waals surface area contributed by atoms with E-state index in [9.17, 15) is 15.0 Å². The topological polar surface area (TPSA) is 110 Å². The number of hydrogen-bond acceptors (Lipinski definition) is 5. The smallest absolute Gasteiger partial charge is 0.303 e. The number of aliphatic hydroxyl groups excluding tert-OH is 2. The van der Waals surface area contributed by atoms with Gasteiger partial charge in [-0.15, -0.1) is 0 Å². The van der Waals surface area contributed by atoms with Crippen LogP contribution in [0, 0.1) is 0 Å². The van der Waals surface area contributed by atoms with Crippen LogP contribution in [0.5, 0.6) is 5.75 Å². The van der Waals surface area contributed by atoms with Gasteiger partial charge in [0.2, 0.25) is 0 Å². The fourth-order valence-corrected chi connectivity index (χ4v) is 3.05. The van der Waals surface area contributed by atoms with Crippen molar-refractivity contribution in [2.45, 2.75) is 110 Å². The molecule has 0 saturated heterocycles. The highest BCUT2D eigenvalue weighted by Crippen LogP contribution is 2.22. The third kappa shape index (κ3) is 16.7. The van der Waals surface area contributed by atoms with Crippen LogP contribution in [-0.2, 0) is 11.4 Å². The van der Waals surface area contributed by atoms with Crippen LogP contribution >= 0.6 is 0 Å². The number of carboxylic acid groups (broad SMARTS) is 1. The Morgan fingerprint density at radius 1 is 1.00 bits per heavy atom. The average Bonchev–Trinajstić information content (AvgIpc) is 2.71. The molecule has 1 atom stereocenters. The third-order valence-corrected chi connectivity index (χ3v) is 4.98. The minimum Gasteiger partial charge on any atom is -0.508 e. The zero-order valence-electron chi connectivity index (χ0n) is 20.0. The van der Waals surface area contributed by atoms with E-state index in [0.29, 0.717) is 24.1 Å². The highest BCUT2D eigenvalue weighted by Gasteiger charge is 2.14. The molecule has 5 N–H and O–H groups in total. The molecular weight excluding hydrogens is 394 g/mol. The first-order valence-corrected chi connectivity index (χ1v) is 11.7. The predicted molar refractivity (Wildman–Crippen MR) is 126 cm³/mol. The van der Waals surface area contributed by atoms with Crippen LogP contribution in [0.25, 0.3) is 0 Å². The first-order valence-electron chi connectivity index (χ1n) is 11.7. The SMILES string of the molecule is CC(C)(C)NC[C@H](O)c1ccc(O)c(CO)c1.CCCCCCCCCCCC(=O)O. The molecular formula is C25H45NO5. The average molecular weight is 440 g/mol. The van der Waals surface area contributed by atoms with Crippen LogP contribution in [0.3, 0.4) is 0 Å². The van der Waals surface area contributed by atoms with Gasteiger partial charge >= 0.3 is 5.97 Å². The van der Waals surface area contributed by atoms with E-state index in [1.165, 1.54) is 51.0 Å². The number of β-amino-alcohol motifs (C(OH)–C–C–N with tert-alkyl or cyclic N) is 1. The number of benzene rings is 1. The molecule has 31 heavy (non-hydrogen) atoms. The fourth-order valence-electron chi connectivity index (χ4n) is 3.05. The summed E-state index contributed by atoms with van der Waals surface area (Å²) >= 11 is 0. The van der Waals surface area contributed by atoms with Crippen LogP contribution in [-0.4, -0.2) is 38.5 Å². The van der Waals surface area contributed by atoms with Crippen molar-refractivity contribution < 1.29 is 25.2 Å².